The van der Waals surface area contributed by atoms with E-state index < -0.39 is 11.4 Å². The Morgan fingerprint density at radius 2 is 2.15 bits per heavy atom. The van der Waals surface area contributed by atoms with Crippen molar-refractivity contribution in [2.24, 2.45) is 0 Å². The summed E-state index contributed by atoms with van der Waals surface area (Å²) < 4.78 is 0. The predicted molar refractivity (Wildman–Crippen MR) is 44.9 cm³/mol. The van der Waals surface area contributed by atoms with E-state index in [0.717, 1.165) is 5.69 Å². The molecule has 0 N–H and O–H groups in total. The topological polar surface area (TPSA) is 53.0 Å². The maximum absolute atomic E-state index is 10.7. The third-order valence-electron chi connectivity index (χ3n) is 1.66. The van der Waals surface area contributed by atoms with Crippen LogP contribution in [-0.2, 0) is 10.2 Å². The number of carbonyl (C=O) groups is 1. The van der Waals surface area contributed by atoms with Gasteiger partial charge in [-0.15, -0.1) is 11.3 Å². The van der Waals surface area contributed by atoms with Crippen LogP contribution in [-0.4, -0.2) is 11.0 Å². The molecule has 0 saturated heterocycles. The van der Waals surface area contributed by atoms with E-state index in [4.69, 9.17) is 0 Å². The molecule has 5 heteroatoms. The minimum Gasteiger partial charge on any atom is -0.549 e. The van der Waals surface area contributed by atoms with Crippen LogP contribution < -0.4 is 34.7 Å². The Kier molecular flexibility index (Phi) is 4.59. The second-order valence-electron chi connectivity index (χ2n) is 3.21. The average molecular weight is 207 g/mol. The van der Waals surface area contributed by atoms with E-state index in [0.29, 0.717) is 5.01 Å². The normalized spacial score (nSPS) is 10.7. The Hall–Kier alpha value is 0.100. The van der Waals surface area contributed by atoms with Crippen molar-refractivity contribution in [1.82, 2.24) is 4.98 Å². The van der Waals surface area contributed by atoms with Crippen molar-refractivity contribution in [2.75, 3.05) is 0 Å². The summed E-state index contributed by atoms with van der Waals surface area (Å²) in [6.45, 7) is 5.03. The quantitative estimate of drug-likeness (QED) is 0.503. The van der Waals surface area contributed by atoms with Gasteiger partial charge in [0.1, 0.15) is 5.01 Å². The van der Waals surface area contributed by atoms with E-state index in [1.54, 1.807) is 13.8 Å². The molecule has 0 aromatic carbocycles. The first kappa shape index (κ1) is 13.1. The van der Waals surface area contributed by atoms with Crippen LogP contribution in [0.4, 0.5) is 0 Å². The number of hydrogen-bond acceptors (Lipinski definition) is 4. The number of nitrogens with zero attached hydrogens (tertiary/aromatic N) is 1. The number of aromatic nitrogens is 1. The molecular weight excluding hydrogens is 197 g/mol. The minimum atomic E-state index is -1.09. The Morgan fingerprint density at radius 1 is 1.62 bits per heavy atom. The van der Waals surface area contributed by atoms with E-state index >= 15 is 0 Å². The molecule has 0 fully saturated rings. The molecule has 0 saturated carbocycles. The minimum absolute atomic E-state index is 0. The Balaban J connectivity index is 0.00000144. The van der Waals surface area contributed by atoms with Gasteiger partial charge in [-0.1, -0.05) is 0 Å². The van der Waals surface area contributed by atoms with Crippen molar-refractivity contribution >= 4 is 17.3 Å². The number of carboxylic acid groups (broad SMARTS) is 1. The van der Waals surface area contributed by atoms with Gasteiger partial charge in [-0.25, -0.2) is 4.98 Å². The van der Waals surface area contributed by atoms with Crippen LogP contribution in [0.15, 0.2) is 5.38 Å². The smallest absolute Gasteiger partial charge is 0.549 e. The van der Waals surface area contributed by atoms with Gasteiger partial charge in [0.25, 0.3) is 0 Å². The van der Waals surface area contributed by atoms with Crippen molar-refractivity contribution in [3.8, 4) is 0 Å². The molecule has 0 aliphatic rings. The summed E-state index contributed by atoms with van der Waals surface area (Å²) in [6.07, 6.45) is 0. The fourth-order valence-electron chi connectivity index (χ4n) is 0.728. The summed E-state index contributed by atoms with van der Waals surface area (Å²) in [5.41, 5.74) is -0.122. The second-order valence-corrected chi connectivity index (χ2v) is 4.06. The average Bonchev–Trinajstić information content (AvgIpc) is 2.35. The van der Waals surface area contributed by atoms with Crippen molar-refractivity contribution < 1.29 is 39.5 Å². The number of aryl methyl sites for hydroxylation is 1. The standard InChI is InChI=1S/C8H11NO2S.Na/c1-5-4-12-6(9-5)8(2,3)7(10)11;/h4H,1-3H3,(H,10,11);/q;+1/p-1. The molecule has 0 bridgehead atoms. The molecule has 0 radical (unpaired) electrons. The van der Waals surface area contributed by atoms with Crippen LogP contribution in [0.3, 0.4) is 0 Å². The molecule has 66 valence electrons. The van der Waals surface area contributed by atoms with Crippen LogP contribution >= 0.6 is 11.3 Å². The summed E-state index contributed by atoms with van der Waals surface area (Å²) in [5.74, 6) is -1.09. The predicted octanol–water partition coefficient (Wildman–Crippen LogP) is -2.52. The third kappa shape index (κ3) is 2.77. The maximum Gasteiger partial charge on any atom is 1.00 e. The van der Waals surface area contributed by atoms with Gasteiger partial charge in [0.2, 0.25) is 0 Å². The van der Waals surface area contributed by atoms with Gasteiger partial charge in [0, 0.05) is 11.1 Å². The first-order valence-corrected chi connectivity index (χ1v) is 4.46. The number of thiazole rings is 1. The molecule has 1 aromatic heterocycles. The summed E-state index contributed by atoms with van der Waals surface area (Å²) >= 11 is 1.35. The van der Waals surface area contributed by atoms with Gasteiger partial charge < -0.3 is 9.90 Å². The van der Waals surface area contributed by atoms with Gasteiger partial charge in [-0.05, 0) is 20.8 Å². The third-order valence-corrected chi connectivity index (χ3v) is 2.95. The molecule has 0 spiro atoms. The first-order valence-electron chi connectivity index (χ1n) is 3.58. The van der Waals surface area contributed by atoms with E-state index in [-0.39, 0.29) is 29.6 Å². The Labute approximate surface area is 103 Å². The van der Waals surface area contributed by atoms with Gasteiger partial charge >= 0.3 is 29.6 Å². The molecule has 0 aliphatic carbocycles. The summed E-state index contributed by atoms with van der Waals surface area (Å²) in [5, 5.41) is 13.1. The summed E-state index contributed by atoms with van der Waals surface area (Å²) in [4.78, 5) is 14.8. The van der Waals surface area contributed by atoms with Crippen LogP contribution in [0.2, 0.25) is 0 Å². The molecule has 0 amide bonds. The van der Waals surface area contributed by atoms with Crippen molar-refractivity contribution in [3.63, 3.8) is 0 Å². The van der Waals surface area contributed by atoms with Crippen molar-refractivity contribution in [2.45, 2.75) is 26.2 Å². The number of rotatable bonds is 2. The molecular formula is C8H10NNaO2S. The number of carboxylic acids is 1. The van der Waals surface area contributed by atoms with Crippen molar-refractivity contribution in [3.05, 3.63) is 16.1 Å². The Morgan fingerprint density at radius 3 is 2.46 bits per heavy atom. The van der Waals surface area contributed by atoms with Crippen LogP contribution in [0.5, 0.6) is 0 Å². The summed E-state index contributed by atoms with van der Waals surface area (Å²) in [7, 11) is 0. The number of carbonyl (C=O) groups excluding carboxylic acids is 1. The van der Waals surface area contributed by atoms with Crippen LogP contribution in [0.25, 0.3) is 0 Å². The molecule has 1 aromatic rings. The van der Waals surface area contributed by atoms with E-state index in [1.165, 1.54) is 11.3 Å². The fraction of sp³-hybridized carbons (Fsp3) is 0.500. The zero-order chi connectivity index (χ0) is 9.35. The molecule has 1 heterocycles. The molecule has 0 aliphatic heterocycles. The largest absolute Gasteiger partial charge is 1.00 e. The molecule has 0 atom stereocenters. The van der Waals surface area contributed by atoms with E-state index in [2.05, 4.69) is 4.98 Å². The first-order chi connectivity index (χ1) is 5.44. The summed E-state index contributed by atoms with van der Waals surface area (Å²) in [6, 6.07) is 0. The number of hydrogen-bond donors (Lipinski definition) is 0. The molecule has 3 nitrogen and oxygen atoms in total. The fourth-order valence-corrected chi connectivity index (χ4v) is 1.64. The SMILES string of the molecule is Cc1csc(C(C)(C)C(=O)[O-])n1.[Na+]. The molecule has 0 unspecified atom stereocenters. The van der Waals surface area contributed by atoms with Gasteiger partial charge in [0.05, 0.1) is 11.4 Å². The monoisotopic (exact) mass is 207 g/mol. The van der Waals surface area contributed by atoms with Crippen LogP contribution in [0, 0.1) is 6.92 Å². The van der Waals surface area contributed by atoms with E-state index in [1.807, 2.05) is 12.3 Å². The second kappa shape index (κ2) is 4.55. The van der Waals surface area contributed by atoms with Crippen molar-refractivity contribution in [1.29, 1.82) is 0 Å². The van der Waals surface area contributed by atoms with E-state index in [9.17, 15) is 9.90 Å². The Bertz CT molecular complexity index is 309. The molecule has 1 rings (SSSR count). The van der Waals surface area contributed by atoms with Crippen LogP contribution in [0.1, 0.15) is 24.5 Å². The molecule has 13 heavy (non-hydrogen) atoms. The van der Waals surface area contributed by atoms with Gasteiger partial charge in [0.15, 0.2) is 0 Å². The zero-order valence-electron chi connectivity index (χ0n) is 8.25. The van der Waals surface area contributed by atoms with Gasteiger partial charge in [-0.2, -0.15) is 0 Å². The van der Waals surface area contributed by atoms with Gasteiger partial charge in [-0.3, -0.25) is 0 Å². The maximum atomic E-state index is 10.7. The zero-order valence-corrected chi connectivity index (χ0v) is 11.1. The number of aliphatic carboxylic acids is 1.